The lowest BCUT2D eigenvalue weighted by Gasteiger charge is -2.72. The molecule has 1 saturated heterocycles. The van der Waals surface area contributed by atoms with E-state index in [2.05, 4.69) is 54.5 Å². The smallest absolute Gasteiger partial charge is 0.335 e. The third kappa shape index (κ3) is 4.76. The minimum atomic E-state index is -1.77. The maximum Gasteiger partial charge on any atom is 0.335 e. The van der Waals surface area contributed by atoms with Gasteiger partial charge in [0.1, 0.15) is 18.3 Å². The number of carboxylic acids is 1. The van der Waals surface area contributed by atoms with Crippen molar-refractivity contribution in [1.82, 2.24) is 0 Å². The molecule has 0 amide bonds. The van der Waals surface area contributed by atoms with Gasteiger partial charge in [-0.25, -0.2) is 4.79 Å². The highest BCUT2D eigenvalue weighted by Crippen LogP contribution is 2.75. The Labute approximate surface area is 275 Å². The molecule has 5 aliphatic carbocycles. The highest BCUT2D eigenvalue weighted by molar-refractivity contribution is 5.73. The topological polar surface area (TPSA) is 146 Å². The van der Waals surface area contributed by atoms with Crippen molar-refractivity contribution < 1.29 is 44.5 Å². The fraction of sp³-hybridized carbons (Fsp3) is 0.919. The number of aliphatic hydroxyl groups excluding tert-OH is 4. The quantitative estimate of drug-likeness (QED) is 0.268. The van der Waals surface area contributed by atoms with E-state index in [1.807, 2.05) is 7.11 Å². The normalized spacial score (nSPS) is 54.8. The van der Waals surface area contributed by atoms with E-state index in [9.17, 15) is 30.3 Å². The molecule has 0 spiro atoms. The van der Waals surface area contributed by atoms with Crippen LogP contribution in [0.5, 0.6) is 0 Å². The molecule has 0 radical (unpaired) electrons. The second-order valence-electron chi connectivity index (χ2n) is 18.3. The number of methoxy groups -OCH3 is 1. The highest BCUT2D eigenvalue weighted by Gasteiger charge is 2.69. The van der Waals surface area contributed by atoms with Crippen LogP contribution in [-0.4, -0.2) is 88.1 Å². The number of rotatable bonds is 5. The Morgan fingerprint density at radius 1 is 0.870 bits per heavy atom. The Hall–Kier alpha value is -1.07. The Morgan fingerprint density at radius 3 is 2.22 bits per heavy atom. The van der Waals surface area contributed by atoms with Gasteiger partial charge in [0.05, 0.1) is 18.8 Å². The fourth-order valence-corrected chi connectivity index (χ4v) is 12.5. The maximum atomic E-state index is 11.7. The van der Waals surface area contributed by atoms with Crippen LogP contribution >= 0.6 is 0 Å². The minimum absolute atomic E-state index is 0.0427. The molecule has 15 atom stereocenters. The SMILES string of the molecule is CO[C@@H]1CC(C)(C)C[C@@H]2C3=CCC4[C@@]5(C)CC[C@H](O)C(C)(CO[C@@H]6O[C@H](C(=O)O)[C@@H](O)[C@H](O)[C@H]6O)C5CC[C@@]4(C)[C@]3(C)CC[C@]21C. The lowest BCUT2D eigenvalue weighted by molar-refractivity contribution is -0.309. The summed E-state index contributed by atoms with van der Waals surface area (Å²) in [7, 11) is 1.90. The third-order valence-electron chi connectivity index (χ3n) is 15.5. The van der Waals surface area contributed by atoms with Gasteiger partial charge >= 0.3 is 5.97 Å². The molecular formula is C37H60O9. The Kier molecular flexibility index (Phi) is 8.49. The van der Waals surface area contributed by atoms with E-state index in [1.54, 1.807) is 5.57 Å². The number of hydrogen-bond donors (Lipinski definition) is 5. The Morgan fingerprint density at radius 2 is 1.57 bits per heavy atom. The predicted molar refractivity (Wildman–Crippen MR) is 171 cm³/mol. The van der Waals surface area contributed by atoms with Crippen molar-refractivity contribution in [2.24, 2.45) is 50.2 Å². The summed E-state index contributed by atoms with van der Waals surface area (Å²) in [6.45, 7) is 16.9. The molecule has 0 aromatic rings. The lowest BCUT2D eigenvalue weighted by atomic mass is 9.33. The van der Waals surface area contributed by atoms with Crippen molar-refractivity contribution in [3.63, 3.8) is 0 Å². The van der Waals surface area contributed by atoms with Crippen molar-refractivity contribution in [2.75, 3.05) is 13.7 Å². The summed E-state index contributed by atoms with van der Waals surface area (Å²) in [5.41, 5.74) is 1.45. The number of hydrogen-bond acceptors (Lipinski definition) is 8. The molecule has 262 valence electrons. The number of fused-ring (bicyclic) bond motifs is 7. The van der Waals surface area contributed by atoms with Gasteiger partial charge in [0.25, 0.3) is 0 Å². The number of aliphatic hydroxyl groups is 4. The molecule has 0 aromatic carbocycles. The molecule has 9 nitrogen and oxygen atoms in total. The first-order valence-corrected chi connectivity index (χ1v) is 17.7. The maximum absolute atomic E-state index is 11.7. The van der Waals surface area contributed by atoms with E-state index < -0.39 is 48.2 Å². The summed E-state index contributed by atoms with van der Waals surface area (Å²) in [4.78, 5) is 11.7. The van der Waals surface area contributed by atoms with Crippen molar-refractivity contribution in [3.05, 3.63) is 11.6 Å². The summed E-state index contributed by atoms with van der Waals surface area (Å²) in [5.74, 6) is -0.387. The highest BCUT2D eigenvalue weighted by atomic mass is 16.7. The zero-order valence-corrected chi connectivity index (χ0v) is 29.3. The van der Waals surface area contributed by atoms with E-state index >= 15 is 0 Å². The molecule has 1 heterocycles. The average molecular weight is 649 g/mol. The van der Waals surface area contributed by atoms with Crippen LogP contribution in [0.25, 0.3) is 0 Å². The van der Waals surface area contributed by atoms with Crippen LogP contribution in [0.4, 0.5) is 0 Å². The van der Waals surface area contributed by atoms with Crippen molar-refractivity contribution >= 4 is 5.97 Å². The first-order valence-electron chi connectivity index (χ1n) is 17.7. The van der Waals surface area contributed by atoms with E-state index in [0.29, 0.717) is 18.3 Å². The Bertz CT molecular complexity index is 1240. The van der Waals surface area contributed by atoms with Crippen molar-refractivity contribution in [2.45, 2.75) is 149 Å². The van der Waals surface area contributed by atoms with Gasteiger partial charge in [0.15, 0.2) is 12.4 Å². The average Bonchev–Trinajstić information content (AvgIpc) is 2.98. The molecule has 6 rings (SSSR count). The fourth-order valence-electron chi connectivity index (χ4n) is 12.5. The first-order chi connectivity index (χ1) is 21.3. The van der Waals surface area contributed by atoms with Crippen LogP contribution in [0.3, 0.4) is 0 Å². The van der Waals surface area contributed by atoms with Crippen LogP contribution in [0.1, 0.15) is 106 Å². The first kappa shape index (κ1) is 34.8. The van der Waals surface area contributed by atoms with E-state index in [-0.39, 0.29) is 45.7 Å². The second-order valence-corrected chi connectivity index (χ2v) is 18.3. The molecular weight excluding hydrogens is 588 g/mol. The summed E-state index contributed by atoms with van der Waals surface area (Å²) in [6, 6.07) is 0. The van der Waals surface area contributed by atoms with Gasteiger partial charge in [-0.2, -0.15) is 0 Å². The summed E-state index contributed by atoms with van der Waals surface area (Å²) in [5, 5.41) is 52.2. The van der Waals surface area contributed by atoms with Crippen molar-refractivity contribution in [1.29, 1.82) is 0 Å². The van der Waals surface area contributed by atoms with Gasteiger partial charge in [0, 0.05) is 17.9 Å². The summed E-state index contributed by atoms with van der Waals surface area (Å²) < 4.78 is 17.8. The number of carbonyl (C=O) groups is 1. The van der Waals surface area contributed by atoms with Gasteiger partial charge < -0.3 is 39.7 Å². The molecule has 0 bridgehead atoms. The Balaban J connectivity index is 1.29. The molecule has 6 aliphatic rings. The molecule has 9 heteroatoms. The molecule has 4 saturated carbocycles. The van der Waals surface area contributed by atoms with E-state index in [4.69, 9.17) is 14.2 Å². The lowest BCUT2D eigenvalue weighted by Crippen LogP contribution is -2.66. The monoisotopic (exact) mass is 648 g/mol. The van der Waals surface area contributed by atoms with Crippen LogP contribution in [0.15, 0.2) is 11.6 Å². The molecule has 46 heavy (non-hydrogen) atoms. The van der Waals surface area contributed by atoms with Crippen molar-refractivity contribution in [3.8, 4) is 0 Å². The number of aliphatic carboxylic acids is 1. The standard InChI is InChI=1S/C37H60O9/c1-32(2)17-21-20-9-10-23-34(4)13-12-24(38)35(5,19-45-31-28(41)26(39)27(40)29(46-31)30(42)43)22(34)11-14-37(23,7)36(20,6)16-15-33(21,3)25(18-32)44-8/h9,21-29,31,38-41H,10-19H2,1-8H3,(H,42,43)/t21-,22?,23?,24+,25-,26+,27+,28-,29+,31-,33-,34+,35?,36-,37-/m1/s1. The minimum Gasteiger partial charge on any atom is -0.479 e. The molecule has 1 aliphatic heterocycles. The van der Waals surface area contributed by atoms with Gasteiger partial charge in [-0.1, -0.05) is 60.1 Å². The van der Waals surface area contributed by atoms with Crippen LogP contribution in [-0.2, 0) is 19.0 Å². The second kappa shape index (κ2) is 11.2. The van der Waals surface area contributed by atoms with Gasteiger partial charge in [-0.3, -0.25) is 0 Å². The zero-order chi connectivity index (χ0) is 33.8. The van der Waals surface area contributed by atoms with E-state index in [0.717, 1.165) is 44.9 Å². The summed E-state index contributed by atoms with van der Waals surface area (Å²) >= 11 is 0. The van der Waals surface area contributed by atoms with Crippen LogP contribution in [0, 0.1) is 50.2 Å². The molecule has 3 unspecified atom stereocenters. The zero-order valence-electron chi connectivity index (χ0n) is 29.3. The van der Waals surface area contributed by atoms with Gasteiger partial charge in [-0.15, -0.1) is 0 Å². The van der Waals surface area contributed by atoms with E-state index in [1.165, 1.54) is 6.42 Å². The van der Waals surface area contributed by atoms with Crippen LogP contribution < -0.4 is 0 Å². The number of ether oxygens (including phenoxy) is 3. The molecule has 0 aromatic heterocycles. The van der Waals surface area contributed by atoms with Gasteiger partial charge in [-0.05, 0) is 97.2 Å². The number of allylic oxidation sites excluding steroid dienone is 2. The molecule has 5 fully saturated rings. The van der Waals surface area contributed by atoms with Crippen LogP contribution in [0.2, 0.25) is 0 Å². The largest absolute Gasteiger partial charge is 0.479 e. The molecule has 5 N–H and O–H groups in total. The third-order valence-corrected chi connectivity index (χ3v) is 15.5. The van der Waals surface area contributed by atoms with Gasteiger partial charge in [0.2, 0.25) is 0 Å². The summed E-state index contributed by atoms with van der Waals surface area (Å²) in [6.07, 6.45) is 3.13. The predicted octanol–water partition coefficient (Wildman–Crippen LogP) is 4.68. The number of carboxylic acid groups (broad SMARTS) is 1.